The van der Waals surface area contributed by atoms with Crippen molar-refractivity contribution in [1.29, 1.82) is 0 Å². The molecule has 0 saturated heterocycles. The minimum absolute atomic E-state index is 0.0353. The third-order valence-electron chi connectivity index (χ3n) is 4.11. The second kappa shape index (κ2) is 7.46. The summed E-state index contributed by atoms with van der Waals surface area (Å²) in [5, 5.41) is 3.04. The van der Waals surface area contributed by atoms with Gasteiger partial charge in [-0.2, -0.15) is 0 Å². The van der Waals surface area contributed by atoms with Crippen molar-refractivity contribution in [3.63, 3.8) is 0 Å². The summed E-state index contributed by atoms with van der Waals surface area (Å²) < 4.78 is 5.62. The van der Waals surface area contributed by atoms with E-state index in [0.29, 0.717) is 17.4 Å². The van der Waals surface area contributed by atoms with Crippen LogP contribution >= 0.6 is 0 Å². The molecule has 1 amide bonds. The summed E-state index contributed by atoms with van der Waals surface area (Å²) in [6, 6.07) is 7.34. The van der Waals surface area contributed by atoms with E-state index in [1.54, 1.807) is 6.07 Å². The average Bonchev–Trinajstić information content (AvgIpc) is 2.91. The Kier molecular flexibility index (Phi) is 5.62. The molecule has 1 aromatic rings. The number of carbonyl (C=O) groups is 1. The van der Waals surface area contributed by atoms with Gasteiger partial charge in [0, 0.05) is 12.1 Å². The van der Waals surface area contributed by atoms with Gasteiger partial charge in [-0.05, 0) is 63.3 Å². The molecule has 1 fully saturated rings. The van der Waals surface area contributed by atoms with E-state index < -0.39 is 0 Å². The smallest absolute Gasteiger partial charge is 0.251 e. The standard InChI is InChI=1S/C17H26N2O2/c1-12(2)21-16-8-4-5-13(9-16)17(20)19-11-15-7-3-6-14(15)10-18/h4-5,8-9,12,14-15H,3,6-7,10-11,18H2,1-2H3,(H,19,20). The maximum atomic E-state index is 12.2. The maximum Gasteiger partial charge on any atom is 0.251 e. The monoisotopic (exact) mass is 290 g/mol. The molecule has 4 nitrogen and oxygen atoms in total. The van der Waals surface area contributed by atoms with Crippen molar-refractivity contribution < 1.29 is 9.53 Å². The van der Waals surface area contributed by atoms with Crippen LogP contribution in [0.3, 0.4) is 0 Å². The molecule has 1 saturated carbocycles. The van der Waals surface area contributed by atoms with E-state index in [9.17, 15) is 4.79 Å². The summed E-state index contributed by atoms with van der Waals surface area (Å²) in [5.74, 6) is 1.78. The molecule has 1 aliphatic rings. The minimum atomic E-state index is -0.0353. The molecular formula is C17H26N2O2. The van der Waals surface area contributed by atoms with Crippen LogP contribution in [0.4, 0.5) is 0 Å². The number of ether oxygens (including phenoxy) is 1. The third kappa shape index (κ3) is 4.46. The highest BCUT2D eigenvalue weighted by Crippen LogP contribution is 2.30. The predicted molar refractivity (Wildman–Crippen MR) is 84.4 cm³/mol. The van der Waals surface area contributed by atoms with Crippen LogP contribution in [0, 0.1) is 11.8 Å². The zero-order valence-corrected chi connectivity index (χ0v) is 13.0. The second-order valence-electron chi connectivity index (χ2n) is 6.09. The Balaban J connectivity index is 1.91. The number of amides is 1. The highest BCUT2D eigenvalue weighted by Gasteiger charge is 2.26. The number of hydrogen-bond acceptors (Lipinski definition) is 3. The molecule has 0 heterocycles. The molecule has 0 aliphatic heterocycles. The largest absolute Gasteiger partial charge is 0.491 e. The highest BCUT2D eigenvalue weighted by molar-refractivity contribution is 5.94. The third-order valence-corrected chi connectivity index (χ3v) is 4.11. The van der Waals surface area contributed by atoms with Crippen LogP contribution in [0.5, 0.6) is 5.75 Å². The Morgan fingerprint density at radius 1 is 1.38 bits per heavy atom. The first kappa shape index (κ1) is 15.8. The lowest BCUT2D eigenvalue weighted by molar-refractivity contribution is 0.0943. The average molecular weight is 290 g/mol. The van der Waals surface area contributed by atoms with Crippen LogP contribution in [0.1, 0.15) is 43.5 Å². The normalized spacial score (nSPS) is 21.5. The van der Waals surface area contributed by atoms with Crippen LogP contribution < -0.4 is 15.8 Å². The molecule has 3 N–H and O–H groups in total. The van der Waals surface area contributed by atoms with E-state index in [1.165, 1.54) is 19.3 Å². The number of hydrogen-bond donors (Lipinski definition) is 2. The van der Waals surface area contributed by atoms with E-state index in [2.05, 4.69) is 5.32 Å². The topological polar surface area (TPSA) is 64.3 Å². The highest BCUT2D eigenvalue weighted by atomic mass is 16.5. The molecule has 1 aliphatic carbocycles. The Hall–Kier alpha value is -1.55. The Bertz CT molecular complexity index is 474. The molecule has 0 bridgehead atoms. The molecule has 116 valence electrons. The van der Waals surface area contributed by atoms with Crippen LogP contribution in [0.25, 0.3) is 0 Å². The van der Waals surface area contributed by atoms with Gasteiger partial charge < -0.3 is 15.8 Å². The van der Waals surface area contributed by atoms with Crippen LogP contribution in [0.15, 0.2) is 24.3 Å². The zero-order chi connectivity index (χ0) is 15.2. The molecular weight excluding hydrogens is 264 g/mol. The number of nitrogens with one attached hydrogen (secondary N) is 1. The van der Waals surface area contributed by atoms with Gasteiger partial charge >= 0.3 is 0 Å². The molecule has 0 aromatic heterocycles. The van der Waals surface area contributed by atoms with E-state index in [0.717, 1.165) is 18.8 Å². The van der Waals surface area contributed by atoms with Crippen molar-refractivity contribution in [3.8, 4) is 5.75 Å². The quantitative estimate of drug-likeness (QED) is 0.846. The van der Waals surface area contributed by atoms with Gasteiger partial charge in [-0.1, -0.05) is 12.5 Å². The van der Waals surface area contributed by atoms with Gasteiger partial charge in [0.2, 0.25) is 0 Å². The van der Waals surface area contributed by atoms with E-state index in [4.69, 9.17) is 10.5 Å². The first-order valence-corrected chi connectivity index (χ1v) is 7.85. The first-order valence-electron chi connectivity index (χ1n) is 7.85. The summed E-state index contributed by atoms with van der Waals surface area (Å²) in [5.41, 5.74) is 6.43. The fourth-order valence-corrected chi connectivity index (χ4v) is 3.00. The molecule has 21 heavy (non-hydrogen) atoms. The summed E-state index contributed by atoms with van der Waals surface area (Å²) in [7, 11) is 0. The Morgan fingerprint density at radius 2 is 2.14 bits per heavy atom. The van der Waals surface area contributed by atoms with Crippen LogP contribution in [0.2, 0.25) is 0 Å². The van der Waals surface area contributed by atoms with Crippen molar-refractivity contribution in [2.45, 2.75) is 39.2 Å². The minimum Gasteiger partial charge on any atom is -0.491 e. The molecule has 2 unspecified atom stereocenters. The summed E-state index contributed by atoms with van der Waals surface area (Å²) in [6.07, 6.45) is 3.68. The fraction of sp³-hybridized carbons (Fsp3) is 0.588. The molecule has 4 heteroatoms. The van der Waals surface area contributed by atoms with Crippen molar-refractivity contribution in [3.05, 3.63) is 29.8 Å². The Labute approximate surface area is 127 Å². The number of carbonyl (C=O) groups excluding carboxylic acids is 1. The van der Waals surface area contributed by atoms with Gasteiger partial charge in [-0.25, -0.2) is 0 Å². The van der Waals surface area contributed by atoms with Gasteiger partial charge in [0.15, 0.2) is 0 Å². The van der Waals surface area contributed by atoms with Crippen molar-refractivity contribution in [1.82, 2.24) is 5.32 Å². The maximum absolute atomic E-state index is 12.2. The van der Waals surface area contributed by atoms with Gasteiger partial charge in [-0.3, -0.25) is 4.79 Å². The lowest BCUT2D eigenvalue weighted by Crippen LogP contribution is -2.32. The lowest BCUT2D eigenvalue weighted by atomic mass is 9.96. The van der Waals surface area contributed by atoms with Crippen molar-refractivity contribution >= 4 is 5.91 Å². The molecule has 0 radical (unpaired) electrons. The summed E-state index contributed by atoms with van der Waals surface area (Å²) >= 11 is 0. The van der Waals surface area contributed by atoms with E-state index >= 15 is 0 Å². The van der Waals surface area contributed by atoms with Crippen LogP contribution in [-0.2, 0) is 0 Å². The molecule has 0 spiro atoms. The second-order valence-corrected chi connectivity index (χ2v) is 6.09. The van der Waals surface area contributed by atoms with E-state index in [1.807, 2.05) is 32.0 Å². The summed E-state index contributed by atoms with van der Waals surface area (Å²) in [4.78, 5) is 12.2. The Morgan fingerprint density at radius 3 is 2.86 bits per heavy atom. The van der Waals surface area contributed by atoms with Gasteiger partial charge in [-0.15, -0.1) is 0 Å². The number of benzene rings is 1. The van der Waals surface area contributed by atoms with Gasteiger partial charge in [0.25, 0.3) is 5.91 Å². The van der Waals surface area contributed by atoms with Gasteiger partial charge in [0.05, 0.1) is 6.10 Å². The SMILES string of the molecule is CC(C)Oc1cccc(C(=O)NCC2CCCC2CN)c1. The number of rotatable bonds is 6. The van der Waals surface area contributed by atoms with E-state index in [-0.39, 0.29) is 12.0 Å². The number of nitrogens with two attached hydrogens (primary N) is 1. The zero-order valence-electron chi connectivity index (χ0n) is 13.0. The molecule has 1 aromatic carbocycles. The van der Waals surface area contributed by atoms with Gasteiger partial charge in [0.1, 0.15) is 5.75 Å². The predicted octanol–water partition coefficient (Wildman–Crippen LogP) is 2.58. The molecule has 2 rings (SSSR count). The lowest BCUT2D eigenvalue weighted by Gasteiger charge is -2.18. The van der Waals surface area contributed by atoms with Crippen molar-refractivity contribution in [2.24, 2.45) is 17.6 Å². The first-order chi connectivity index (χ1) is 10.1. The fourth-order valence-electron chi connectivity index (χ4n) is 3.00. The summed E-state index contributed by atoms with van der Waals surface area (Å²) in [6.45, 7) is 5.38. The van der Waals surface area contributed by atoms with Crippen molar-refractivity contribution in [2.75, 3.05) is 13.1 Å². The molecule has 2 atom stereocenters. The van der Waals surface area contributed by atoms with Crippen LogP contribution in [-0.4, -0.2) is 25.1 Å².